The van der Waals surface area contributed by atoms with Crippen molar-refractivity contribution in [2.75, 3.05) is 6.61 Å². The van der Waals surface area contributed by atoms with Gasteiger partial charge in [0.25, 0.3) is 0 Å². The average Bonchev–Trinajstić information content (AvgIpc) is 2.60. The van der Waals surface area contributed by atoms with Gasteiger partial charge in [-0.1, -0.05) is 0 Å². The number of cyclic esters (lactones) is 1. The van der Waals surface area contributed by atoms with E-state index < -0.39 is 0 Å². The predicted molar refractivity (Wildman–Crippen MR) is 38.8 cm³/mol. The van der Waals surface area contributed by atoms with Crippen LogP contribution in [-0.2, 0) is 9.53 Å². The van der Waals surface area contributed by atoms with Crippen molar-refractivity contribution >= 4 is 5.97 Å². The number of carbonyl (C=O) groups is 1. The lowest BCUT2D eigenvalue weighted by Crippen LogP contribution is -2.22. The third-order valence-corrected chi connectivity index (χ3v) is 3.78. The highest BCUT2D eigenvalue weighted by molar-refractivity contribution is 5.75. The Bertz CT molecular complexity index is 212. The van der Waals surface area contributed by atoms with Crippen LogP contribution in [0.1, 0.15) is 19.3 Å². The smallest absolute Gasteiger partial charge is 0.309 e. The molecule has 3 fully saturated rings. The van der Waals surface area contributed by atoms with Crippen LogP contribution in [0.5, 0.6) is 0 Å². The molecule has 1 saturated heterocycles. The summed E-state index contributed by atoms with van der Waals surface area (Å²) in [4.78, 5) is 11.2. The molecule has 0 amide bonds. The van der Waals surface area contributed by atoms with E-state index in [0.717, 1.165) is 12.5 Å². The van der Waals surface area contributed by atoms with Crippen molar-refractivity contribution in [2.45, 2.75) is 19.3 Å². The van der Waals surface area contributed by atoms with E-state index in [1.165, 1.54) is 19.3 Å². The van der Waals surface area contributed by atoms with E-state index in [-0.39, 0.29) is 5.97 Å². The summed E-state index contributed by atoms with van der Waals surface area (Å²) in [5.74, 6) is 2.55. The standard InChI is InChI=1S/C9H12O2/c10-9-8-6-2-1-5(3-6)7(8)4-11-9/h5-8H,1-4H2/t5-,6-,7+,8+/m0/s1. The summed E-state index contributed by atoms with van der Waals surface area (Å²) >= 11 is 0. The second-order valence-electron chi connectivity index (χ2n) is 4.15. The van der Waals surface area contributed by atoms with Crippen LogP contribution in [0.4, 0.5) is 0 Å². The largest absolute Gasteiger partial charge is 0.465 e. The highest BCUT2D eigenvalue weighted by atomic mass is 16.5. The van der Waals surface area contributed by atoms with Crippen LogP contribution in [0.3, 0.4) is 0 Å². The third-order valence-electron chi connectivity index (χ3n) is 3.78. The van der Waals surface area contributed by atoms with Gasteiger partial charge in [0, 0.05) is 5.92 Å². The number of fused-ring (bicyclic) bond motifs is 5. The Balaban J connectivity index is 1.97. The van der Waals surface area contributed by atoms with Crippen molar-refractivity contribution in [1.29, 1.82) is 0 Å². The molecular formula is C9H12O2. The van der Waals surface area contributed by atoms with E-state index in [2.05, 4.69) is 0 Å². The van der Waals surface area contributed by atoms with Gasteiger partial charge in [0.1, 0.15) is 0 Å². The molecule has 2 heteroatoms. The minimum atomic E-state index is 0.0993. The fourth-order valence-corrected chi connectivity index (χ4v) is 3.29. The third kappa shape index (κ3) is 0.608. The molecule has 0 radical (unpaired) electrons. The zero-order valence-corrected chi connectivity index (χ0v) is 6.45. The first-order valence-corrected chi connectivity index (χ1v) is 4.53. The Kier molecular flexibility index (Phi) is 0.984. The lowest BCUT2D eigenvalue weighted by molar-refractivity contribution is -0.142. The summed E-state index contributed by atoms with van der Waals surface area (Å²) in [6, 6.07) is 0. The molecule has 3 rings (SSSR count). The van der Waals surface area contributed by atoms with Gasteiger partial charge in [0.05, 0.1) is 12.5 Å². The van der Waals surface area contributed by atoms with Crippen LogP contribution in [0, 0.1) is 23.7 Å². The Morgan fingerprint density at radius 3 is 2.91 bits per heavy atom. The van der Waals surface area contributed by atoms with Gasteiger partial charge in [-0.3, -0.25) is 4.79 Å². The molecule has 0 aromatic carbocycles. The van der Waals surface area contributed by atoms with E-state index in [9.17, 15) is 4.79 Å². The van der Waals surface area contributed by atoms with Crippen LogP contribution in [0.25, 0.3) is 0 Å². The summed E-state index contributed by atoms with van der Waals surface area (Å²) in [6.07, 6.45) is 3.94. The average molecular weight is 152 g/mol. The van der Waals surface area contributed by atoms with Crippen LogP contribution in [-0.4, -0.2) is 12.6 Å². The number of hydrogen-bond donors (Lipinski definition) is 0. The molecule has 0 aromatic rings. The first-order chi connectivity index (χ1) is 5.36. The van der Waals surface area contributed by atoms with Gasteiger partial charge in [-0.25, -0.2) is 0 Å². The van der Waals surface area contributed by atoms with Gasteiger partial charge in [0.2, 0.25) is 0 Å². The first kappa shape index (κ1) is 6.04. The number of carbonyl (C=O) groups excluding carboxylic acids is 1. The van der Waals surface area contributed by atoms with Gasteiger partial charge >= 0.3 is 5.97 Å². The fraction of sp³-hybridized carbons (Fsp3) is 0.889. The summed E-state index contributed by atoms with van der Waals surface area (Å²) in [6.45, 7) is 0.727. The first-order valence-electron chi connectivity index (χ1n) is 4.53. The molecule has 4 atom stereocenters. The molecule has 2 nitrogen and oxygen atoms in total. The lowest BCUT2D eigenvalue weighted by atomic mass is 9.81. The second-order valence-corrected chi connectivity index (χ2v) is 4.15. The Morgan fingerprint density at radius 1 is 1.27 bits per heavy atom. The minimum Gasteiger partial charge on any atom is -0.465 e. The van der Waals surface area contributed by atoms with Crippen molar-refractivity contribution in [3.8, 4) is 0 Å². The molecule has 2 bridgehead atoms. The molecule has 60 valence electrons. The quantitative estimate of drug-likeness (QED) is 0.487. The number of hydrogen-bond acceptors (Lipinski definition) is 2. The predicted octanol–water partition coefficient (Wildman–Crippen LogP) is 1.21. The van der Waals surface area contributed by atoms with Crippen molar-refractivity contribution in [3.63, 3.8) is 0 Å². The van der Waals surface area contributed by atoms with E-state index >= 15 is 0 Å². The molecule has 0 aromatic heterocycles. The molecule has 0 N–H and O–H groups in total. The molecule has 2 aliphatic carbocycles. The van der Waals surface area contributed by atoms with E-state index in [0.29, 0.717) is 17.8 Å². The Morgan fingerprint density at radius 2 is 2.09 bits per heavy atom. The maximum Gasteiger partial charge on any atom is 0.309 e. The highest BCUT2D eigenvalue weighted by Gasteiger charge is 2.54. The topological polar surface area (TPSA) is 26.3 Å². The monoisotopic (exact) mass is 152 g/mol. The zero-order chi connectivity index (χ0) is 7.42. The van der Waals surface area contributed by atoms with Gasteiger partial charge in [-0.05, 0) is 31.1 Å². The summed E-state index contributed by atoms with van der Waals surface area (Å²) < 4.78 is 5.06. The highest BCUT2D eigenvalue weighted by Crippen LogP contribution is 2.54. The van der Waals surface area contributed by atoms with E-state index in [1.54, 1.807) is 0 Å². The van der Waals surface area contributed by atoms with Crippen molar-refractivity contribution < 1.29 is 9.53 Å². The van der Waals surface area contributed by atoms with Crippen LogP contribution in [0.15, 0.2) is 0 Å². The lowest BCUT2D eigenvalue weighted by Gasteiger charge is -2.19. The van der Waals surface area contributed by atoms with Crippen molar-refractivity contribution in [1.82, 2.24) is 0 Å². The van der Waals surface area contributed by atoms with Crippen LogP contribution < -0.4 is 0 Å². The molecule has 1 heterocycles. The number of rotatable bonds is 0. The van der Waals surface area contributed by atoms with Crippen molar-refractivity contribution in [2.24, 2.45) is 23.7 Å². The van der Waals surface area contributed by atoms with Gasteiger partial charge in [0.15, 0.2) is 0 Å². The van der Waals surface area contributed by atoms with Gasteiger partial charge < -0.3 is 4.74 Å². The summed E-state index contributed by atoms with van der Waals surface area (Å²) in [5, 5.41) is 0. The number of esters is 1. The Labute approximate surface area is 65.9 Å². The maximum atomic E-state index is 11.2. The molecule has 3 aliphatic rings. The molecule has 1 aliphatic heterocycles. The second kappa shape index (κ2) is 1.79. The Hall–Kier alpha value is -0.530. The fourth-order valence-electron chi connectivity index (χ4n) is 3.29. The van der Waals surface area contributed by atoms with E-state index in [1.807, 2.05) is 0 Å². The zero-order valence-electron chi connectivity index (χ0n) is 6.45. The molecule has 0 unspecified atom stereocenters. The number of ether oxygens (including phenoxy) is 1. The molecule has 11 heavy (non-hydrogen) atoms. The maximum absolute atomic E-state index is 11.2. The SMILES string of the molecule is O=C1OC[C@@H]2[C@H]3CC[C@@H](C3)[C@@H]12. The van der Waals surface area contributed by atoms with Crippen LogP contribution in [0.2, 0.25) is 0 Å². The van der Waals surface area contributed by atoms with Crippen molar-refractivity contribution in [3.05, 3.63) is 0 Å². The minimum absolute atomic E-state index is 0.0993. The molecule has 0 spiro atoms. The molecular weight excluding hydrogens is 140 g/mol. The summed E-state index contributed by atoms with van der Waals surface area (Å²) in [7, 11) is 0. The normalized spacial score (nSPS) is 52.9. The van der Waals surface area contributed by atoms with Gasteiger partial charge in [-0.2, -0.15) is 0 Å². The summed E-state index contributed by atoms with van der Waals surface area (Å²) in [5.41, 5.74) is 0. The van der Waals surface area contributed by atoms with Gasteiger partial charge in [-0.15, -0.1) is 0 Å². The van der Waals surface area contributed by atoms with E-state index in [4.69, 9.17) is 4.74 Å². The van der Waals surface area contributed by atoms with Crippen LogP contribution >= 0.6 is 0 Å². The molecule has 2 saturated carbocycles.